The van der Waals surface area contributed by atoms with E-state index < -0.39 is 6.10 Å². The van der Waals surface area contributed by atoms with Gasteiger partial charge < -0.3 is 20.3 Å². The summed E-state index contributed by atoms with van der Waals surface area (Å²) in [6.45, 7) is 4.07. The predicted molar refractivity (Wildman–Crippen MR) is 98.1 cm³/mol. The van der Waals surface area contributed by atoms with Crippen LogP contribution in [-0.2, 0) is 14.4 Å². The monoisotopic (exact) mass is 362 g/mol. The molecule has 0 unspecified atom stereocenters. The van der Waals surface area contributed by atoms with Crippen LogP contribution in [0.2, 0.25) is 0 Å². The first-order valence-electron chi connectivity index (χ1n) is 8.57. The molecule has 0 fully saturated rings. The molecule has 0 aliphatic carbocycles. The van der Waals surface area contributed by atoms with Gasteiger partial charge in [0.25, 0.3) is 5.91 Å². The number of nitrogens with zero attached hydrogens (tertiary/aromatic N) is 2. The number of likely N-dealkylation sites (N-methyl/N-ethyl adjacent to an activating group) is 2. The number of ether oxygens (including phenoxy) is 1. The second-order valence-corrected chi connectivity index (χ2v) is 6.59. The molecule has 1 atom stereocenters. The number of hydrogen-bond donors (Lipinski definition) is 2. The van der Waals surface area contributed by atoms with Gasteiger partial charge in [0.15, 0.2) is 6.10 Å². The summed E-state index contributed by atoms with van der Waals surface area (Å²) < 4.78 is 5.69. The Morgan fingerprint density at radius 3 is 2.62 bits per heavy atom. The first-order valence-corrected chi connectivity index (χ1v) is 8.57. The van der Waals surface area contributed by atoms with Crippen LogP contribution in [0.4, 0.5) is 5.69 Å². The molecule has 26 heavy (non-hydrogen) atoms. The van der Waals surface area contributed by atoms with Gasteiger partial charge in [-0.3, -0.25) is 19.3 Å². The lowest BCUT2D eigenvalue weighted by Gasteiger charge is -2.34. The molecule has 2 N–H and O–H groups in total. The summed E-state index contributed by atoms with van der Waals surface area (Å²) in [6.07, 6.45) is -0.770. The van der Waals surface area contributed by atoms with Crippen LogP contribution >= 0.6 is 0 Å². The van der Waals surface area contributed by atoms with Crippen molar-refractivity contribution >= 4 is 23.4 Å². The van der Waals surface area contributed by atoms with Crippen molar-refractivity contribution in [3.8, 4) is 5.75 Å². The summed E-state index contributed by atoms with van der Waals surface area (Å²) in [6, 6.07) is 7.15. The number of fused-ring (bicyclic) bond motifs is 1. The first-order chi connectivity index (χ1) is 12.3. The van der Waals surface area contributed by atoms with E-state index in [0.717, 1.165) is 0 Å². The van der Waals surface area contributed by atoms with Gasteiger partial charge in [0.05, 0.1) is 25.3 Å². The van der Waals surface area contributed by atoms with Crippen molar-refractivity contribution in [1.29, 1.82) is 0 Å². The molecule has 1 heterocycles. The summed E-state index contributed by atoms with van der Waals surface area (Å²) in [5.41, 5.74) is 0.623. The van der Waals surface area contributed by atoms with Crippen molar-refractivity contribution in [3.63, 3.8) is 0 Å². The Morgan fingerprint density at radius 2 is 1.96 bits per heavy atom. The summed E-state index contributed by atoms with van der Waals surface area (Å²) >= 11 is 0. The third kappa shape index (κ3) is 4.95. The predicted octanol–water partition coefficient (Wildman–Crippen LogP) is -0.0170. The van der Waals surface area contributed by atoms with Crippen molar-refractivity contribution in [2.75, 3.05) is 38.6 Å². The largest absolute Gasteiger partial charge is 0.477 e. The van der Waals surface area contributed by atoms with Gasteiger partial charge in [-0.2, -0.15) is 0 Å². The van der Waals surface area contributed by atoms with Gasteiger partial charge in [0, 0.05) is 13.1 Å². The highest BCUT2D eigenvalue weighted by Gasteiger charge is 2.33. The van der Waals surface area contributed by atoms with Crippen LogP contribution in [0, 0.1) is 0 Å². The topological polar surface area (TPSA) is 91.0 Å². The van der Waals surface area contributed by atoms with E-state index >= 15 is 0 Å². The molecule has 0 saturated carbocycles. The highest BCUT2D eigenvalue weighted by Crippen LogP contribution is 2.33. The molecule has 1 aromatic carbocycles. The molecule has 2 rings (SSSR count). The number of carbonyl (C=O) groups is 3. The van der Waals surface area contributed by atoms with Crippen molar-refractivity contribution in [2.24, 2.45) is 0 Å². The fraction of sp³-hybridized carbons (Fsp3) is 0.500. The van der Waals surface area contributed by atoms with Crippen molar-refractivity contribution in [2.45, 2.75) is 26.0 Å². The van der Waals surface area contributed by atoms with Crippen molar-refractivity contribution in [3.05, 3.63) is 24.3 Å². The molecule has 8 heteroatoms. The number of rotatable bonds is 6. The zero-order valence-electron chi connectivity index (χ0n) is 15.6. The Balaban J connectivity index is 2.09. The van der Waals surface area contributed by atoms with Crippen LogP contribution in [0.5, 0.6) is 5.75 Å². The van der Waals surface area contributed by atoms with Crippen molar-refractivity contribution in [1.82, 2.24) is 15.5 Å². The van der Waals surface area contributed by atoms with E-state index in [0.29, 0.717) is 11.4 Å². The summed E-state index contributed by atoms with van der Waals surface area (Å²) in [7, 11) is 3.24. The van der Waals surface area contributed by atoms with Crippen LogP contribution in [0.25, 0.3) is 0 Å². The third-order valence-electron chi connectivity index (χ3n) is 3.88. The number of amides is 3. The second-order valence-electron chi connectivity index (χ2n) is 6.59. The maximum absolute atomic E-state index is 12.8. The number of benzene rings is 1. The van der Waals surface area contributed by atoms with Crippen molar-refractivity contribution < 1.29 is 19.1 Å². The average molecular weight is 362 g/mol. The van der Waals surface area contributed by atoms with Crippen LogP contribution in [-0.4, -0.2) is 68.5 Å². The minimum atomic E-state index is -0.770. The summed E-state index contributed by atoms with van der Waals surface area (Å²) in [5, 5.41) is 5.34. The number of para-hydroxylation sites is 2. The molecule has 3 amide bonds. The lowest BCUT2D eigenvalue weighted by atomic mass is 10.1. The van der Waals surface area contributed by atoms with E-state index in [-0.39, 0.29) is 43.4 Å². The SMILES string of the molecule is CNC(=O)[C@@H]1CN(C(=O)CN(C)CC(=O)NC(C)C)c2ccccc2O1. The molecular weight excluding hydrogens is 336 g/mol. The molecule has 0 saturated heterocycles. The van der Waals surface area contributed by atoms with Gasteiger partial charge in [0.1, 0.15) is 5.75 Å². The second kappa shape index (κ2) is 8.66. The van der Waals surface area contributed by atoms with E-state index in [9.17, 15) is 14.4 Å². The Labute approximate surface area is 153 Å². The first kappa shape index (κ1) is 19.7. The molecule has 142 valence electrons. The minimum Gasteiger partial charge on any atom is -0.477 e. The smallest absolute Gasteiger partial charge is 0.262 e. The average Bonchev–Trinajstić information content (AvgIpc) is 2.58. The molecule has 1 aliphatic rings. The zero-order valence-corrected chi connectivity index (χ0v) is 15.6. The van der Waals surface area contributed by atoms with Gasteiger partial charge in [-0.25, -0.2) is 0 Å². The van der Waals surface area contributed by atoms with Crippen LogP contribution in [0.15, 0.2) is 24.3 Å². The minimum absolute atomic E-state index is 0.0473. The number of anilines is 1. The number of hydrogen-bond acceptors (Lipinski definition) is 5. The Hall–Kier alpha value is -2.61. The summed E-state index contributed by atoms with van der Waals surface area (Å²) in [5.74, 6) is -0.140. The fourth-order valence-corrected chi connectivity index (χ4v) is 2.75. The Kier molecular flexibility index (Phi) is 6.57. The molecule has 0 aromatic heterocycles. The molecule has 0 spiro atoms. The number of carbonyl (C=O) groups excluding carboxylic acids is 3. The van der Waals surface area contributed by atoms with E-state index in [2.05, 4.69) is 10.6 Å². The zero-order chi connectivity index (χ0) is 19.3. The Morgan fingerprint density at radius 1 is 1.27 bits per heavy atom. The fourth-order valence-electron chi connectivity index (χ4n) is 2.75. The summed E-state index contributed by atoms with van der Waals surface area (Å²) in [4.78, 5) is 39.8. The van der Waals surface area contributed by atoms with E-state index in [1.165, 1.54) is 11.9 Å². The van der Waals surface area contributed by atoms with E-state index in [4.69, 9.17) is 4.74 Å². The normalized spacial score (nSPS) is 16.1. The van der Waals surface area contributed by atoms with Crippen LogP contribution in [0.1, 0.15) is 13.8 Å². The maximum atomic E-state index is 12.8. The van der Waals surface area contributed by atoms with Gasteiger partial charge in [0.2, 0.25) is 11.8 Å². The molecule has 0 radical (unpaired) electrons. The number of nitrogens with one attached hydrogen (secondary N) is 2. The highest BCUT2D eigenvalue weighted by atomic mass is 16.5. The third-order valence-corrected chi connectivity index (χ3v) is 3.88. The molecule has 0 bridgehead atoms. The van der Waals surface area contributed by atoms with Gasteiger partial charge >= 0.3 is 0 Å². The quantitative estimate of drug-likeness (QED) is 0.742. The van der Waals surface area contributed by atoms with E-state index in [1.807, 2.05) is 19.9 Å². The van der Waals surface area contributed by atoms with Crippen LogP contribution < -0.4 is 20.3 Å². The van der Waals surface area contributed by atoms with Gasteiger partial charge in [-0.05, 0) is 33.0 Å². The van der Waals surface area contributed by atoms with Gasteiger partial charge in [-0.15, -0.1) is 0 Å². The molecule has 1 aliphatic heterocycles. The standard InChI is InChI=1S/C18H26N4O4/c1-12(2)20-16(23)10-21(4)11-17(24)22-9-15(18(25)19-3)26-14-8-6-5-7-13(14)22/h5-8,12,15H,9-11H2,1-4H3,(H,19,25)(H,20,23)/t15-/m0/s1. The van der Waals surface area contributed by atoms with E-state index in [1.54, 1.807) is 30.1 Å². The lowest BCUT2D eigenvalue weighted by molar-refractivity contribution is -0.128. The maximum Gasteiger partial charge on any atom is 0.262 e. The molecule has 1 aromatic rings. The highest BCUT2D eigenvalue weighted by molar-refractivity contribution is 5.98. The molecular formula is C18H26N4O4. The van der Waals surface area contributed by atoms with Gasteiger partial charge in [-0.1, -0.05) is 12.1 Å². The molecule has 8 nitrogen and oxygen atoms in total. The Bertz CT molecular complexity index is 677. The lowest BCUT2D eigenvalue weighted by Crippen LogP contribution is -2.52. The van der Waals surface area contributed by atoms with Crippen LogP contribution in [0.3, 0.4) is 0 Å².